The van der Waals surface area contributed by atoms with Gasteiger partial charge in [0.15, 0.2) is 5.22 Å². The van der Waals surface area contributed by atoms with Gasteiger partial charge in [0.1, 0.15) is 4.60 Å². The molecule has 0 atom stereocenters. The second-order valence-electron chi connectivity index (χ2n) is 2.11. The second-order valence-corrected chi connectivity index (χ2v) is 3.29. The first kappa shape index (κ1) is 7.18. The average molecular weight is 235 g/mol. The van der Waals surface area contributed by atoms with E-state index in [1.807, 2.05) is 10.8 Å². The number of hydrogen-bond acceptors (Lipinski definition) is 2. The molecule has 0 spiro atoms. The lowest BCUT2D eigenvalue weighted by molar-refractivity contribution is 0.381. The molecule has 0 amide bonds. The zero-order valence-corrected chi connectivity index (χ0v) is 7.76. The molecule has 1 aliphatic rings. The van der Waals surface area contributed by atoms with Gasteiger partial charge in [-0.2, -0.15) is 4.98 Å². The predicted molar refractivity (Wildman–Crippen MR) is 44.5 cm³/mol. The van der Waals surface area contributed by atoms with Gasteiger partial charge in [0.2, 0.25) is 0 Å². The minimum Gasteiger partial charge on any atom is -0.413 e. The first-order valence-electron chi connectivity index (χ1n) is 3.02. The molecule has 1 aliphatic heterocycles. The number of allylic oxidation sites excluding steroid dienone is 1. The van der Waals surface area contributed by atoms with Crippen molar-refractivity contribution < 1.29 is 4.74 Å². The smallest absolute Gasteiger partial charge is 0.304 e. The van der Waals surface area contributed by atoms with E-state index in [0.717, 1.165) is 4.60 Å². The Hall–Kier alpha value is -0.480. The molecule has 0 saturated heterocycles. The van der Waals surface area contributed by atoms with Gasteiger partial charge >= 0.3 is 6.01 Å². The molecule has 2 heterocycles. The second kappa shape index (κ2) is 2.53. The summed E-state index contributed by atoms with van der Waals surface area (Å²) in [6.07, 6.45) is 3.62. The van der Waals surface area contributed by atoms with Crippen LogP contribution >= 0.6 is 27.5 Å². The summed E-state index contributed by atoms with van der Waals surface area (Å²) in [5.41, 5.74) is 0. The van der Waals surface area contributed by atoms with E-state index >= 15 is 0 Å². The number of rotatable bonds is 0. The molecule has 0 aliphatic carbocycles. The molecule has 0 N–H and O–H groups in total. The summed E-state index contributed by atoms with van der Waals surface area (Å²) in [5.74, 6) is 0. The number of hydrogen-bond donors (Lipinski definition) is 0. The van der Waals surface area contributed by atoms with Crippen molar-refractivity contribution in [3.63, 3.8) is 0 Å². The molecule has 0 aromatic carbocycles. The van der Waals surface area contributed by atoms with E-state index in [9.17, 15) is 0 Å². The Morgan fingerprint density at radius 3 is 3.36 bits per heavy atom. The van der Waals surface area contributed by atoms with Crippen LogP contribution in [0, 0.1) is 0 Å². The highest BCUT2D eigenvalue weighted by Gasteiger charge is 2.12. The molecule has 1 aromatic rings. The summed E-state index contributed by atoms with van der Waals surface area (Å²) in [6, 6.07) is 0.532. The van der Waals surface area contributed by atoms with Crippen molar-refractivity contribution in [3.8, 4) is 6.01 Å². The first-order chi connectivity index (χ1) is 5.25. The zero-order valence-electron chi connectivity index (χ0n) is 5.42. The highest BCUT2D eigenvalue weighted by molar-refractivity contribution is 9.10. The Morgan fingerprint density at radius 2 is 2.55 bits per heavy atom. The van der Waals surface area contributed by atoms with E-state index < -0.39 is 0 Å². The lowest BCUT2D eigenvalue weighted by atomic mass is 10.5. The third kappa shape index (κ3) is 1.28. The van der Waals surface area contributed by atoms with E-state index in [2.05, 4.69) is 20.9 Å². The van der Waals surface area contributed by atoms with E-state index in [1.165, 1.54) is 0 Å². The van der Waals surface area contributed by atoms with Crippen molar-refractivity contribution in [2.24, 2.45) is 0 Å². The topological polar surface area (TPSA) is 27.1 Å². The first-order valence-corrected chi connectivity index (χ1v) is 4.19. The van der Waals surface area contributed by atoms with Crippen molar-refractivity contribution >= 4 is 27.5 Å². The summed E-state index contributed by atoms with van der Waals surface area (Å²) in [6.45, 7) is 0.715. The van der Waals surface area contributed by atoms with Gasteiger partial charge in [-0.15, -0.1) is 0 Å². The van der Waals surface area contributed by atoms with Crippen LogP contribution in [0.25, 0.3) is 0 Å². The standard InChI is InChI=1S/C6H4BrClN2O/c7-4-3-10-2-1-5(8)11-6(10)9-4/h1,3H,2H2. The summed E-state index contributed by atoms with van der Waals surface area (Å²) >= 11 is 8.86. The van der Waals surface area contributed by atoms with Crippen LogP contribution in [0.2, 0.25) is 0 Å². The maximum atomic E-state index is 5.62. The monoisotopic (exact) mass is 234 g/mol. The highest BCUT2D eigenvalue weighted by atomic mass is 79.9. The molecular formula is C6H4BrClN2O. The molecule has 0 unspecified atom stereocenters. The number of imidazole rings is 1. The van der Waals surface area contributed by atoms with Crippen molar-refractivity contribution in [2.45, 2.75) is 6.54 Å². The number of nitrogens with zero attached hydrogens (tertiary/aromatic N) is 2. The Morgan fingerprint density at radius 1 is 1.73 bits per heavy atom. The molecule has 0 fully saturated rings. The maximum absolute atomic E-state index is 5.62. The molecule has 3 nitrogen and oxygen atoms in total. The Kier molecular flexibility index (Phi) is 1.65. The molecule has 2 rings (SSSR count). The number of halogens is 2. The molecule has 0 saturated carbocycles. The minimum absolute atomic E-state index is 0.385. The van der Waals surface area contributed by atoms with Crippen molar-refractivity contribution in [3.05, 3.63) is 22.1 Å². The zero-order chi connectivity index (χ0) is 7.84. The third-order valence-electron chi connectivity index (χ3n) is 1.35. The van der Waals surface area contributed by atoms with Crippen LogP contribution < -0.4 is 4.74 Å². The maximum Gasteiger partial charge on any atom is 0.304 e. The molecular weight excluding hydrogens is 231 g/mol. The van der Waals surface area contributed by atoms with Crippen LogP contribution in [0.3, 0.4) is 0 Å². The largest absolute Gasteiger partial charge is 0.413 e. The van der Waals surface area contributed by atoms with Crippen LogP contribution in [-0.2, 0) is 6.54 Å². The molecule has 0 radical (unpaired) electrons. The van der Waals surface area contributed by atoms with Gasteiger partial charge in [-0.05, 0) is 33.6 Å². The molecule has 58 valence electrons. The number of ether oxygens (including phenoxy) is 1. The SMILES string of the molecule is ClC1=CCn2cc(Br)nc2O1. The summed E-state index contributed by atoms with van der Waals surface area (Å²) < 4.78 is 7.71. The molecule has 11 heavy (non-hydrogen) atoms. The number of fused-ring (bicyclic) bond motifs is 1. The lowest BCUT2D eigenvalue weighted by Gasteiger charge is -2.10. The molecule has 1 aromatic heterocycles. The average Bonchev–Trinajstić information content (AvgIpc) is 2.27. The summed E-state index contributed by atoms with van der Waals surface area (Å²) in [7, 11) is 0. The van der Waals surface area contributed by atoms with Crippen LogP contribution in [0.1, 0.15) is 0 Å². The lowest BCUT2D eigenvalue weighted by Crippen LogP contribution is -2.06. The minimum atomic E-state index is 0.385. The highest BCUT2D eigenvalue weighted by Crippen LogP contribution is 2.23. The molecule has 5 heteroatoms. The van der Waals surface area contributed by atoms with Gasteiger partial charge in [0.05, 0.1) is 0 Å². The van der Waals surface area contributed by atoms with E-state index in [-0.39, 0.29) is 0 Å². The van der Waals surface area contributed by atoms with E-state index in [4.69, 9.17) is 16.3 Å². The van der Waals surface area contributed by atoms with Crippen LogP contribution in [0.4, 0.5) is 0 Å². The normalized spacial score (nSPS) is 15.3. The van der Waals surface area contributed by atoms with Crippen molar-refractivity contribution in [1.29, 1.82) is 0 Å². The number of aromatic nitrogens is 2. The summed E-state index contributed by atoms with van der Waals surface area (Å²) in [4.78, 5) is 4.03. The van der Waals surface area contributed by atoms with Gasteiger partial charge in [-0.1, -0.05) is 0 Å². The van der Waals surface area contributed by atoms with Crippen molar-refractivity contribution in [2.75, 3.05) is 0 Å². The fourth-order valence-electron chi connectivity index (χ4n) is 0.880. The fourth-order valence-corrected chi connectivity index (χ4v) is 1.42. The van der Waals surface area contributed by atoms with Crippen LogP contribution in [-0.4, -0.2) is 9.55 Å². The Bertz CT molecular complexity index is 320. The van der Waals surface area contributed by atoms with Gasteiger partial charge in [-0.25, -0.2) is 0 Å². The van der Waals surface area contributed by atoms with E-state index in [0.29, 0.717) is 17.8 Å². The Balaban J connectivity index is 2.40. The fraction of sp³-hybridized carbons (Fsp3) is 0.167. The van der Waals surface area contributed by atoms with Gasteiger partial charge in [-0.3, -0.25) is 4.57 Å². The van der Waals surface area contributed by atoms with Crippen LogP contribution in [0.5, 0.6) is 6.01 Å². The van der Waals surface area contributed by atoms with Crippen LogP contribution in [0.15, 0.2) is 22.1 Å². The third-order valence-corrected chi connectivity index (χ3v) is 1.96. The predicted octanol–water partition coefficient (Wildman–Crippen LogP) is 2.12. The Labute approximate surface area is 76.8 Å². The van der Waals surface area contributed by atoms with E-state index in [1.54, 1.807) is 6.08 Å². The molecule has 0 bridgehead atoms. The van der Waals surface area contributed by atoms with Gasteiger partial charge < -0.3 is 4.74 Å². The van der Waals surface area contributed by atoms with Gasteiger partial charge in [0.25, 0.3) is 0 Å². The van der Waals surface area contributed by atoms with Gasteiger partial charge in [0, 0.05) is 12.7 Å². The van der Waals surface area contributed by atoms with Crippen molar-refractivity contribution in [1.82, 2.24) is 9.55 Å². The quantitative estimate of drug-likeness (QED) is 0.689. The summed E-state index contributed by atoms with van der Waals surface area (Å²) in [5, 5.41) is 0.385.